The van der Waals surface area contributed by atoms with Gasteiger partial charge in [-0.15, -0.1) is 11.3 Å². The quantitative estimate of drug-likeness (QED) is 0.340. The van der Waals surface area contributed by atoms with Crippen LogP contribution in [0, 0.1) is 6.92 Å². The Morgan fingerprint density at radius 3 is 2.72 bits per heavy atom. The fourth-order valence-corrected chi connectivity index (χ4v) is 7.06. The molecule has 1 N–H and O–H groups in total. The summed E-state index contributed by atoms with van der Waals surface area (Å²) in [5, 5.41) is 4.41. The molecule has 0 radical (unpaired) electrons. The van der Waals surface area contributed by atoms with Crippen molar-refractivity contribution in [3.05, 3.63) is 93.6 Å². The van der Waals surface area contributed by atoms with Gasteiger partial charge in [-0.3, -0.25) is 0 Å². The summed E-state index contributed by atoms with van der Waals surface area (Å²) in [6.07, 6.45) is 6.82. The number of nitrogens with zero attached hydrogens (tertiary/aromatic N) is 2. The highest BCUT2D eigenvalue weighted by molar-refractivity contribution is 7.15. The van der Waals surface area contributed by atoms with Crippen LogP contribution in [0.25, 0.3) is 5.00 Å². The summed E-state index contributed by atoms with van der Waals surface area (Å²) in [5.74, 6) is 1.36. The smallest absolute Gasteiger partial charge is 0.322 e. The Hall–Kier alpha value is -3.71. The Balaban J connectivity index is 1.34. The number of aromatic nitrogens is 1. The number of amides is 2. The highest BCUT2D eigenvalue weighted by Crippen LogP contribution is 2.44. The van der Waals surface area contributed by atoms with Gasteiger partial charge in [0.05, 0.1) is 18.3 Å². The van der Waals surface area contributed by atoms with Crippen molar-refractivity contribution >= 4 is 23.1 Å². The lowest BCUT2D eigenvalue weighted by Gasteiger charge is -2.31. The van der Waals surface area contributed by atoms with E-state index >= 15 is 0 Å². The van der Waals surface area contributed by atoms with E-state index in [-0.39, 0.29) is 18.9 Å². The SMILES string of the molecule is Cc1ccc([C@H]2c3cccn3-c3sc4c(c3CN2C(=O)Nc2ccc3c(c2)OCO3)CCCC4)cc1. The Morgan fingerprint density at radius 2 is 1.83 bits per heavy atom. The van der Waals surface area contributed by atoms with Gasteiger partial charge in [0.1, 0.15) is 5.00 Å². The zero-order valence-corrected chi connectivity index (χ0v) is 20.9. The van der Waals surface area contributed by atoms with Gasteiger partial charge in [-0.2, -0.15) is 0 Å². The lowest BCUT2D eigenvalue weighted by atomic mass is 9.95. The minimum absolute atomic E-state index is 0.129. The number of carbonyl (C=O) groups is 1. The van der Waals surface area contributed by atoms with Crippen LogP contribution in [0.1, 0.15) is 51.7 Å². The highest BCUT2D eigenvalue weighted by Gasteiger charge is 2.36. The number of benzene rings is 2. The van der Waals surface area contributed by atoms with Crippen LogP contribution in [0.15, 0.2) is 60.8 Å². The molecule has 3 aliphatic rings. The van der Waals surface area contributed by atoms with E-state index < -0.39 is 0 Å². The molecule has 2 aliphatic heterocycles. The van der Waals surface area contributed by atoms with Crippen LogP contribution in [0.3, 0.4) is 0 Å². The lowest BCUT2D eigenvalue weighted by molar-refractivity contribution is 0.174. The van der Waals surface area contributed by atoms with Crippen molar-refractivity contribution in [1.29, 1.82) is 0 Å². The van der Waals surface area contributed by atoms with Crippen LogP contribution < -0.4 is 14.8 Å². The summed E-state index contributed by atoms with van der Waals surface area (Å²) in [4.78, 5) is 17.5. The van der Waals surface area contributed by atoms with Gasteiger partial charge < -0.3 is 24.3 Å². The maximum atomic E-state index is 14.0. The maximum absolute atomic E-state index is 14.0. The molecule has 2 aromatic heterocycles. The predicted octanol–water partition coefficient (Wildman–Crippen LogP) is 6.59. The molecule has 182 valence electrons. The molecule has 2 aromatic carbocycles. The molecule has 7 heteroatoms. The van der Waals surface area contributed by atoms with Crippen molar-refractivity contribution in [2.75, 3.05) is 12.1 Å². The van der Waals surface area contributed by atoms with E-state index in [0.717, 1.165) is 24.1 Å². The molecule has 7 rings (SSSR count). The molecule has 0 saturated carbocycles. The summed E-state index contributed by atoms with van der Waals surface area (Å²) >= 11 is 1.90. The summed E-state index contributed by atoms with van der Waals surface area (Å²) < 4.78 is 13.3. The first-order valence-electron chi connectivity index (χ1n) is 12.5. The molecular weight excluding hydrogens is 470 g/mol. The number of hydrogen-bond acceptors (Lipinski definition) is 4. The second-order valence-electron chi connectivity index (χ2n) is 9.74. The number of ether oxygens (including phenoxy) is 2. The van der Waals surface area contributed by atoms with Gasteiger partial charge in [0.2, 0.25) is 6.79 Å². The average molecular weight is 498 g/mol. The summed E-state index contributed by atoms with van der Waals surface area (Å²) in [6, 6.07) is 18.0. The predicted molar refractivity (Wildman–Crippen MR) is 140 cm³/mol. The molecule has 4 heterocycles. The second-order valence-corrected chi connectivity index (χ2v) is 10.8. The molecule has 0 spiro atoms. The topological polar surface area (TPSA) is 55.7 Å². The normalized spacial score (nSPS) is 17.7. The number of anilines is 1. The summed E-state index contributed by atoms with van der Waals surface area (Å²) in [7, 11) is 0. The molecule has 0 unspecified atom stereocenters. The van der Waals surface area contributed by atoms with Gasteiger partial charge in [0.15, 0.2) is 11.5 Å². The largest absolute Gasteiger partial charge is 0.454 e. The van der Waals surface area contributed by atoms with Gasteiger partial charge in [-0.25, -0.2) is 4.79 Å². The number of nitrogens with one attached hydrogen (secondary N) is 1. The van der Waals surface area contributed by atoms with Crippen LogP contribution >= 0.6 is 11.3 Å². The Bertz CT molecular complexity index is 1470. The Kier molecular flexibility index (Phi) is 5.06. The monoisotopic (exact) mass is 497 g/mol. The summed E-state index contributed by atoms with van der Waals surface area (Å²) in [6.45, 7) is 2.86. The fraction of sp³-hybridized carbons (Fsp3) is 0.276. The zero-order valence-electron chi connectivity index (χ0n) is 20.1. The van der Waals surface area contributed by atoms with Gasteiger partial charge in [-0.05, 0) is 68.0 Å². The maximum Gasteiger partial charge on any atom is 0.322 e. The van der Waals surface area contributed by atoms with E-state index in [2.05, 4.69) is 59.4 Å². The van der Waals surface area contributed by atoms with Gasteiger partial charge in [0, 0.05) is 28.4 Å². The van der Waals surface area contributed by atoms with Gasteiger partial charge in [0.25, 0.3) is 0 Å². The molecule has 0 saturated heterocycles. The Morgan fingerprint density at radius 1 is 1.00 bits per heavy atom. The number of carbonyl (C=O) groups excluding carboxylic acids is 1. The third kappa shape index (κ3) is 3.49. The van der Waals surface area contributed by atoms with Crippen molar-refractivity contribution in [2.45, 2.75) is 45.2 Å². The van der Waals surface area contributed by atoms with Crippen molar-refractivity contribution in [3.63, 3.8) is 0 Å². The molecule has 1 atom stereocenters. The molecule has 1 aliphatic carbocycles. The van der Waals surface area contributed by atoms with E-state index in [4.69, 9.17) is 9.47 Å². The van der Waals surface area contributed by atoms with Crippen LogP contribution in [-0.2, 0) is 19.4 Å². The minimum Gasteiger partial charge on any atom is -0.454 e. The van der Waals surface area contributed by atoms with E-state index in [9.17, 15) is 4.79 Å². The van der Waals surface area contributed by atoms with Crippen LogP contribution in [0.4, 0.5) is 10.5 Å². The van der Waals surface area contributed by atoms with Crippen LogP contribution in [0.5, 0.6) is 11.5 Å². The number of hydrogen-bond donors (Lipinski definition) is 1. The van der Waals surface area contributed by atoms with E-state index in [0.29, 0.717) is 23.7 Å². The fourth-order valence-electron chi connectivity index (χ4n) is 5.66. The van der Waals surface area contributed by atoms with Crippen LogP contribution in [-0.4, -0.2) is 22.3 Å². The number of rotatable bonds is 2. The first-order valence-corrected chi connectivity index (χ1v) is 13.3. The molecule has 36 heavy (non-hydrogen) atoms. The number of thiophene rings is 1. The molecule has 0 fully saturated rings. The van der Waals surface area contributed by atoms with E-state index in [1.807, 2.05) is 34.4 Å². The molecule has 2 amide bonds. The number of aryl methyl sites for hydroxylation is 2. The lowest BCUT2D eigenvalue weighted by Crippen LogP contribution is -2.38. The summed E-state index contributed by atoms with van der Waals surface area (Å²) in [5.41, 5.74) is 6.85. The van der Waals surface area contributed by atoms with Crippen LogP contribution in [0.2, 0.25) is 0 Å². The minimum atomic E-state index is -0.214. The van der Waals surface area contributed by atoms with Gasteiger partial charge in [-0.1, -0.05) is 29.8 Å². The second kappa shape index (κ2) is 8.45. The number of fused-ring (bicyclic) bond motifs is 6. The molecule has 6 nitrogen and oxygen atoms in total. The average Bonchev–Trinajstić information content (AvgIpc) is 3.62. The Labute approximate surface area is 214 Å². The standard InChI is InChI=1S/C29H27N3O3S/c1-18-8-10-19(11-9-18)27-23-6-4-14-31(23)28-22(21-5-2-3-7-26(21)36-28)16-32(27)29(33)30-20-12-13-24-25(15-20)35-17-34-24/h4,6,8-15,27H,2-3,5,7,16-17H2,1H3,(H,30,33)/t27-/m0/s1. The van der Waals surface area contributed by atoms with Crippen molar-refractivity contribution < 1.29 is 14.3 Å². The molecule has 4 aromatic rings. The third-order valence-electron chi connectivity index (χ3n) is 7.46. The first kappa shape index (κ1) is 21.6. The van der Waals surface area contributed by atoms with Crippen molar-refractivity contribution in [3.8, 4) is 16.5 Å². The zero-order chi connectivity index (χ0) is 24.2. The molecular formula is C29H27N3O3S. The van der Waals surface area contributed by atoms with E-state index in [1.54, 1.807) is 0 Å². The van der Waals surface area contributed by atoms with Gasteiger partial charge >= 0.3 is 6.03 Å². The number of urea groups is 1. The van der Waals surface area contributed by atoms with E-state index in [1.165, 1.54) is 39.4 Å². The third-order valence-corrected chi connectivity index (χ3v) is 8.79. The van der Waals surface area contributed by atoms with Crippen molar-refractivity contribution in [2.24, 2.45) is 0 Å². The van der Waals surface area contributed by atoms with Crippen molar-refractivity contribution in [1.82, 2.24) is 9.47 Å². The molecule has 0 bridgehead atoms. The highest BCUT2D eigenvalue weighted by atomic mass is 32.1. The first-order chi connectivity index (χ1) is 17.7.